The standard InChI is InChI=1S/C10H8O6S2.2C6H11N2/c11-17(12,13)9-5-1-3-7-8(9)4-2-6-10(7)18(14,15)16;2*1-3-8-5-4-7(2)6-8/h1-6H,(H,11,12,13)(H,14,15,16);2*4-6H,3H2,1-2H3/q;2*+1/p-2. The van der Waals surface area contributed by atoms with E-state index in [1.165, 1.54) is 24.3 Å². The molecule has 0 aliphatic carbocycles. The summed E-state index contributed by atoms with van der Waals surface area (Å²) >= 11 is 0. The van der Waals surface area contributed by atoms with Crippen LogP contribution in [0.2, 0.25) is 0 Å². The van der Waals surface area contributed by atoms with Crippen LogP contribution in [0.25, 0.3) is 10.8 Å². The van der Waals surface area contributed by atoms with Crippen molar-refractivity contribution in [2.75, 3.05) is 0 Å². The largest absolute Gasteiger partial charge is 0.744 e. The van der Waals surface area contributed by atoms with Gasteiger partial charge in [-0.15, -0.1) is 0 Å². The lowest BCUT2D eigenvalue weighted by Crippen LogP contribution is -2.23. The van der Waals surface area contributed by atoms with E-state index in [2.05, 4.69) is 48.0 Å². The van der Waals surface area contributed by atoms with Gasteiger partial charge >= 0.3 is 0 Å². The normalized spacial score (nSPS) is 11.4. The Morgan fingerprint density at radius 2 is 1.06 bits per heavy atom. The third-order valence-corrected chi connectivity index (χ3v) is 6.55. The minimum absolute atomic E-state index is 0.0792. The van der Waals surface area contributed by atoms with Crippen molar-refractivity contribution < 1.29 is 35.1 Å². The van der Waals surface area contributed by atoms with E-state index in [9.17, 15) is 25.9 Å². The Hall–Kier alpha value is -3.06. The van der Waals surface area contributed by atoms with Crippen molar-refractivity contribution in [1.82, 2.24) is 9.13 Å². The molecule has 12 heteroatoms. The van der Waals surface area contributed by atoms with E-state index < -0.39 is 30.0 Å². The molecule has 2 aromatic heterocycles. The molecule has 4 aromatic rings. The lowest BCUT2D eigenvalue weighted by atomic mass is 10.1. The van der Waals surface area contributed by atoms with Crippen LogP contribution in [-0.2, 0) is 47.4 Å². The van der Waals surface area contributed by atoms with Crippen molar-refractivity contribution in [3.05, 3.63) is 73.8 Å². The Morgan fingerprint density at radius 3 is 1.26 bits per heavy atom. The van der Waals surface area contributed by atoms with Crippen LogP contribution in [0.5, 0.6) is 0 Å². The van der Waals surface area contributed by atoms with Crippen LogP contribution in [-0.4, -0.2) is 35.1 Å². The van der Waals surface area contributed by atoms with Crippen molar-refractivity contribution >= 4 is 31.0 Å². The lowest BCUT2D eigenvalue weighted by molar-refractivity contribution is -0.671. The zero-order chi connectivity index (χ0) is 25.5. The highest BCUT2D eigenvalue weighted by molar-refractivity contribution is 7.86. The molecule has 0 fully saturated rings. The molecule has 184 valence electrons. The van der Waals surface area contributed by atoms with Gasteiger partial charge < -0.3 is 9.11 Å². The van der Waals surface area contributed by atoms with Gasteiger partial charge in [0.05, 0.1) is 37.0 Å². The first-order chi connectivity index (χ1) is 15.9. The molecule has 0 spiro atoms. The van der Waals surface area contributed by atoms with Crippen molar-refractivity contribution in [2.24, 2.45) is 14.1 Å². The fourth-order valence-corrected chi connectivity index (χ4v) is 4.45. The Bertz CT molecular complexity index is 1350. The van der Waals surface area contributed by atoms with E-state index in [4.69, 9.17) is 0 Å². The molecule has 34 heavy (non-hydrogen) atoms. The summed E-state index contributed by atoms with van der Waals surface area (Å²) in [6, 6.07) is 7.09. The number of fused-ring (bicyclic) bond motifs is 1. The highest BCUT2D eigenvalue weighted by Gasteiger charge is 2.12. The highest BCUT2D eigenvalue weighted by atomic mass is 32.2. The third-order valence-electron chi connectivity index (χ3n) is 4.76. The van der Waals surface area contributed by atoms with E-state index in [1.807, 2.05) is 35.6 Å². The maximum absolute atomic E-state index is 11.0. The number of hydrogen-bond donors (Lipinski definition) is 0. The van der Waals surface area contributed by atoms with Crippen LogP contribution < -0.4 is 9.13 Å². The summed E-state index contributed by atoms with van der Waals surface area (Å²) in [7, 11) is -5.44. The van der Waals surface area contributed by atoms with E-state index >= 15 is 0 Å². The molecule has 0 bridgehead atoms. The minimum Gasteiger partial charge on any atom is -0.744 e. The van der Waals surface area contributed by atoms with Crippen LogP contribution in [0.3, 0.4) is 0 Å². The van der Waals surface area contributed by atoms with Crippen LogP contribution in [0.15, 0.2) is 83.6 Å². The summed E-state index contributed by atoms with van der Waals surface area (Å²) in [5, 5.41) is -0.158. The van der Waals surface area contributed by atoms with E-state index in [0.717, 1.165) is 25.2 Å². The monoisotopic (exact) mass is 508 g/mol. The van der Waals surface area contributed by atoms with Crippen molar-refractivity contribution in [1.29, 1.82) is 0 Å². The summed E-state index contributed by atoms with van der Waals surface area (Å²) < 4.78 is 74.5. The Labute approximate surface area is 199 Å². The topological polar surface area (TPSA) is 132 Å². The van der Waals surface area contributed by atoms with Gasteiger partial charge in [0.15, 0.2) is 0 Å². The molecule has 0 amide bonds. The third kappa shape index (κ3) is 7.48. The van der Waals surface area contributed by atoms with Crippen LogP contribution in [0.4, 0.5) is 0 Å². The Morgan fingerprint density at radius 1 is 0.706 bits per heavy atom. The second kappa shape index (κ2) is 11.4. The first-order valence-corrected chi connectivity index (χ1v) is 13.1. The molecule has 0 saturated carbocycles. The summed E-state index contributed by atoms with van der Waals surface area (Å²) in [5.41, 5.74) is 0. The van der Waals surface area contributed by atoms with Crippen molar-refractivity contribution in [3.63, 3.8) is 0 Å². The van der Waals surface area contributed by atoms with Gasteiger partial charge in [-0.2, -0.15) is 0 Å². The quantitative estimate of drug-likeness (QED) is 0.302. The molecule has 4 rings (SSSR count). The number of hydrogen-bond acceptors (Lipinski definition) is 6. The average Bonchev–Trinajstić information content (AvgIpc) is 3.40. The van der Waals surface area contributed by atoms with Gasteiger partial charge in [0, 0.05) is 10.8 Å². The number of nitrogens with zero attached hydrogens (tertiary/aromatic N) is 4. The number of aryl methyl sites for hydroxylation is 4. The van der Waals surface area contributed by atoms with Crippen LogP contribution >= 0.6 is 0 Å². The number of benzene rings is 2. The fourth-order valence-electron chi connectivity index (χ4n) is 3.07. The van der Waals surface area contributed by atoms with Gasteiger partial charge in [0.2, 0.25) is 12.7 Å². The van der Waals surface area contributed by atoms with E-state index in [0.29, 0.717) is 0 Å². The van der Waals surface area contributed by atoms with Crippen molar-refractivity contribution in [2.45, 2.75) is 36.7 Å². The number of rotatable bonds is 4. The predicted octanol–water partition coefficient (Wildman–Crippen LogP) is 1.31. The Kier molecular flexibility index (Phi) is 9.10. The molecule has 0 aliphatic heterocycles. The molecule has 0 N–H and O–H groups in total. The van der Waals surface area contributed by atoms with Crippen LogP contribution in [0.1, 0.15) is 13.8 Å². The molecule has 0 atom stereocenters. The van der Waals surface area contributed by atoms with E-state index in [-0.39, 0.29) is 10.8 Å². The van der Waals surface area contributed by atoms with Gasteiger partial charge in [-0.3, -0.25) is 0 Å². The minimum atomic E-state index is -4.74. The fraction of sp³-hybridized carbons (Fsp3) is 0.273. The molecule has 2 aromatic carbocycles. The molecule has 0 aliphatic rings. The zero-order valence-corrected chi connectivity index (χ0v) is 21.0. The summed E-state index contributed by atoms with van der Waals surface area (Å²) in [5.74, 6) is 0. The first kappa shape index (κ1) is 27.2. The second-order valence-electron chi connectivity index (χ2n) is 7.33. The molecule has 0 radical (unpaired) electrons. The van der Waals surface area contributed by atoms with Gasteiger partial charge in [-0.1, -0.05) is 24.3 Å². The SMILES string of the molecule is CCn1cc[n+](C)c1.CCn1cc[n+](C)c1.O=S(=O)([O-])c1cccc2c(S(=O)(=O)[O-])cccc12. The molecule has 0 saturated heterocycles. The first-order valence-electron chi connectivity index (χ1n) is 10.3. The van der Waals surface area contributed by atoms with Crippen molar-refractivity contribution in [3.8, 4) is 0 Å². The maximum Gasteiger partial charge on any atom is 0.243 e. The predicted molar refractivity (Wildman–Crippen MR) is 122 cm³/mol. The summed E-state index contributed by atoms with van der Waals surface area (Å²) in [6.45, 7) is 6.36. The smallest absolute Gasteiger partial charge is 0.243 e. The van der Waals surface area contributed by atoms with E-state index in [1.54, 1.807) is 0 Å². The summed E-state index contributed by atoms with van der Waals surface area (Å²) in [4.78, 5) is -1.10. The second-order valence-corrected chi connectivity index (χ2v) is 10.0. The maximum atomic E-state index is 11.0. The molecule has 0 unspecified atom stereocenters. The zero-order valence-electron chi connectivity index (χ0n) is 19.4. The molecule has 10 nitrogen and oxygen atoms in total. The van der Waals surface area contributed by atoms with Gasteiger partial charge in [0.25, 0.3) is 0 Å². The highest BCUT2D eigenvalue weighted by Crippen LogP contribution is 2.27. The average molecular weight is 509 g/mol. The lowest BCUT2D eigenvalue weighted by Gasteiger charge is -2.14. The van der Waals surface area contributed by atoms with Crippen LogP contribution in [0, 0.1) is 0 Å². The number of imidazole rings is 2. The number of aromatic nitrogens is 4. The molecule has 2 heterocycles. The van der Waals surface area contributed by atoms with Gasteiger partial charge in [0.1, 0.15) is 45.0 Å². The van der Waals surface area contributed by atoms with Gasteiger partial charge in [-0.05, 0) is 26.0 Å². The molecular weight excluding hydrogens is 480 g/mol. The Balaban J connectivity index is 0.000000210. The van der Waals surface area contributed by atoms with Gasteiger partial charge in [-0.25, -0.2) is 35.1 Å². The molecular formula is C22H28N4O6S2. The summed E-state index contributed by atoms with van der Waals surface area (Å²) in [6.07, 6.45) is 12.3.